The van der Waals surface area contributed by atoms with Gasteiger partial charge in [0, 0.05) is 22.5 Å². The zero-order valence-electron chi connectivity index (χ0n) is 17.0. The lowest BCUT2D eigenvalue weighted by atomic mass is 10.1. The minimum atomic E-state index is -0.143. The van der Waals surface area contributed by atoms with Gasteiger partial charge in [-0.15, -0.1) is 11.3 Å². The number of halogens is 2. The summed E-state index contributed by atoms with van der Waals surface area (Å²) in [5.74, 6) is -0.143. The standard InChI is InChI=1S/C23H22Cl2N4OS/c1-2-26-11-10-16-12-29(19-9-8-17(24)22(25)21(16)19)13-20(30)28-23-27-18(14-31-23)15-6-4-3-5-7-15/h3-9,12,14,26H,2,10-11,13H2,1H3,(H,27,28,30). The van der Waals surface area contributed by atoms with Crippen LogP contribution in [0.3, 0.4) is 0 Å². The molecule has 2 N–H and O–H groups in total. The number of nitrogens with zero attached hydrogens (tertiary/aromatic N) is 2. The van der Waals surface area contributed by atoms with Crippen molar-refractivity contribution < 1.29 is 4.79 Å². The van der Waals surface area contributed by atoms with Gasteiger partial charge in [0.15, 0.2) is 5.13 Å². The molecule has 0 saturated heterocycles. The van der Waals surface area contributed by atoms with Gasteiger partial charge in [0.25, 0.3) is 0 Å². The summed E-state index contributed by atoms with van der Waals surface area (Å²) in [5, 5.41) is 10.7. The number of likely N-dealkylation sites (N-methyl/N-ethyl adjacent to an activating group) is 1. The molecule has 0 atom stereocenters. The van der Waals surface area contributed by atoms with Crippen molar-refractivity contribution in [1.82, 2.24) is 14.9 Å². The lowest BCUT2D eigenvalue weighted by molar-refractivity contribution is -0.116. The number of rotatable bonds is 8. The summed E-state index contributed by atoms with van der Waals surface area (Å²) < 4.78 is 1.92. The van der Waals surface area contributed by atoms with E-state index >= 15 is 0 Å². The molecule has 2 aromatic heterocycles. The van der Waals surface area contributed by atoms with Gasteiger partial charge in [-0.1, -0.05) is 60.5 Å². The summed E-state index contributed by atoms with van der Waals surface area (Å²) in [5.41, 5.74) is 3.82. The van der Waals surface area contributed by atoms with Gasteiger partial charge in [0.2, 0.25) is 5.91 Å². The largest absolute Gasteiger partial charge is 0.338 e. The van der Waals surface area contributed by atoms with E-state index in [0.29, 0.717) is 15.2 Å². The minimum Gasteiger partial charge on any atom is -0.338 e. The van der Waals surface area contributed by atoms with Crippen molar-refractivity contribution in [2.45, 2.75) is 19.9 Å². The van der Waals surface area contributed by atoms with E-state index in [2.05, 4.69) is 22.5 Å². The Balaban J connectivity index is 1.53. The summed E-state index contributed by atoms with van der Waals surface area (Å²) >= 11 is 14.2. The lowest BCUT2D eigenvalue weighted by Crippen LogP contribution is -2.18. The fourth-order valence-corrected chi connectivity index (χ4v) is 4.69. The van der Waals surface area contributed by atoms with Crippen molar-refractivity contribution in [1.29, 1.82) is 0 Å². The number of fused-ring (bicyclic) bond motifs is 1. The van der Waals surface area contributed by atoms with Crippen LogP contribution in [-0.2, 0) is 17.8 Å². The smallest absolute Gasteiger partial charge is 0.246 e. The first-order chi connectivity index (χ1) is 15.1. The maximum absolute atomic E-state index is 12.8. The first kappa shape index (κ1) is 21.8. The molecule has 4 rings (SSSR count). The van der Waals surface area contributed by atoms with Gasteiger partial charge in [-0.05, 0) is 37.2 Å². The second-order valence-corrected chi connectivity index (χ2v) is 8.74. The van der Waals surface area contributed by atoms with Crippen LogP contribution in [0, 0.1) is 0 Å². The number of nitrogens with one attached hydrogen (secondary N) is 2. The van der Waals surface area contributed by atoms with Crippen LogP contribution in [0.4, 0.5) is 5.13 Å². The normalized spacial score (nSPS) is 11.2. The van der Waals surface area contributed by atoms with Gasteiger partial charge in [0.1, 0.15) is 6.54 Å². The molecule has 0 saturated carbocycles. The van der Waals surface area contributed by atoms with Crippen LogP contribution >= 0.6 is 34.5 Å². The summed E-state index contributed by atoms with van der Waals surface area (Å²) in [7, 11) is 0. The highest BCUT2D eigenvalue weighted by molar-refractivity contribution is 7.14. The Labute approximate surface area is 195 Å². The van der Waals surface area contributed by atoms with E-state index in [-0.39, 0.29) is 12.5 Å². The van der Waals surface area contributed by atoms with Crippen molar-refractivity contribution in [2.24, 2.45) is 0 Å². The molecular formula is C23H22Cl2N4OS. The Morgan fingerprint density at radius 3 is 2.74 bits per heavy atom. The van der Waals surface area contributed by atoms with Crippen LogP contribution in [0.1, 0.15) is 12.5 Å². The molecule has 160 valence electrons. The number of hydrogen-bond acceptors (Lipinski definition) is 4. The third-order valence-corrected chi connectivity index (χ3v) is 6.53. The molecule has 0 fully saturated rings. The second-order valence-electron chi connectivity index (χ2n) is 7.09. The van der Waals surface area contributed by atoms with E-state index in [1.54, 1.807) is 6.07 Å². The molecule has 0 unspecified atom stereocenters. The fraction of sp³-hybridized carbons (Fsp3) is 0.217. The quantitative estimate of drug-likeness (QED) is 0.315. The Kier molecular flexibility index (Phi) is 6.92. The molecule has 2 heterocycles. The third-order valence-electron chi connectivity index (χ3n) is 4.97. The van der Waals surface area contributed by atoms with Crippen LogP contribution < -0.4 is 10.6 Å². The number of aromatic nitrogens is 2. The van der Waals surface area contributed by atoms with Gasteiger partial charge >= 0.3 is 0 Å². The molecule has 0 radical (unpaired) electrons. The zero-order chi connectivity index (χ0) is 21.8. The van der Waals surface area contributed by atoms with Crippen molar-refractivity contribution >= 4 is 56.5 Å². The highest BCUT2D eigenvalue weighted by atomic mass is 35.5. The van der Waals surface area contributed by atoms with Crippen LogP contribution in [0.25, 0.3) is 22.2 Å². The summed E-state index contributed by atoms with van der Waals surface area (Å²) in [6.07, 6.45) is 2.78. The van der Waals surface area contributed by atoms with E-state index < -0.39 is 0 Å². The first-order valence-corrected chi connectivity index (χ1v) is 11.7. The highest BCUT2D eigenvalue weighted by Gasteiger charge is 2.16. The van der Waals surface area contributed by atoms with Crippen LogP contribution in [0.2, 0.25) is 10.0 Å². The van der Waals surface area contributed by atoms with Gasteiger partial charge in [-0.3, -0.25) is 4.79 Å². The van der Waals surface area contributed by atoms with Gasteiger partial charge in [-0.2, -0.15) is 0 Å². The number of hydrogen-bond donors (Lipinski definition) is 2. The predicted molar refractivity (Wildman–Crippen MR) is 130 cm³/mol. The molecule has 31 heavy (non-hydrogen) atoms. The molecule has 0 spiro atoms. The van der Waals surface area contributed by atoms with Gasteiger partial charge in [-0.25, -0.2) is 4.98 Å². The Morgan fingerprint density at radius 2 is 1.97 bits per heavy atom. The number of thiazole rings is 1. The molecule has 1 amide bonds. The van der Waals surface area contributed by atoms with Crippen LogP contribution in [0.15, 0.2) is 54.0 Å². The molecule has 4 aromatic rings. The third kappa shape index (κ3) is 4.93. The van der Waals surface area contributed by atoms with Gasteiger partial charge < -0.3 is 15.2 Å². The van der Waals surface area contributed by atoms with E-state index in [1.165, 1.54) is 11.3 Å². The number of benzene rings is 2. The number of amides is 1. The molecule has 8 heteroatoms. The number of carbonyl (C=O) groups excluding carboxylic acids is 1. The minimum absolute atomic E-state index is 0.143. The molecule has 0 bridgehead atoms. The van der Waals surface area contributed by atoms with Crippen LogP contribution in [0.5, 0.6) is 0 Å². The molecule has 2 aromatic carbocycles. The molecular weight excluding hydrogens is 451 g/mol. The highest BCUT2D eigenvalue weighted by Crippen LogP contribution is 2.34. The fourth-order valence-electron chi connectivity index (χ4n) is 3.51. The van der Waals surface area contributed by atoms with Crippen LogP contribution in [-0.4, -0.2) is 28.5 Å². The molecule has 0 aliphatic rings. The van der Waals surface area contributed by atoms with E-state index in [0.717, 1.165) is 47.2 Å². The van der Waals surface area contributed by atoms with Crippen molar-refractivity contribution in [3.63, 3.8) is 0 Å². The topological polar surface area (TPSA) is 59.0 Å². The summed E-state index contributed by atoms with van der Waals surface area (Å²) in [6, 6.07) is 13.6. The van der Waals surface area contributed by atoms with E-state index in [1.807, 2.05) is 52.5 Å². The Morgan fingerprint density at radius 1 is 1.16 bits per heavy atom. The average Bonchev–Trinajstić information content (AvgIpc) is 3.37. The molecule has 0 aliphatic heterocycles. The Hall–Kier alpha value is -2.38. The number of carbonyl (C=O) groups is 1. The summed E-state index contributed by atoms with van der Waals surface area (Å²) in [6.45, 7) is 3.95. The monoisotopic (exact) mass is 472 g/mol. The lowest BCUT2D eigenvalue weighted by Gasteiger charge is -2.06. The zero-order valence-corrected chi connectivity index (χ0v) is 19.3. The van der Waals surface area contributed by atoms with Gasteiger partial charge in [0.05, 0.1) is 21.3 Å². The maximum Gasteiger partial charge on any atom is 0.246 e. The summed E-state index contributed by atoms with van der Waals surface area (Å²) in [4.78, 5) is 17.3. The maximum atomic E-state index is 12.8. The van der Waals surface area contributed by atoms with E-state index in [9.17, 15) is 4.79 Å². The van der Waals surface area contributed by atoms with Crippen molar-refractivity contribution in [2.75, 3.05) is 18.4 Å². The predicted octanol–water partition coefficient (Wildman–Crippen LogP) is 5.86. The second kappa shape index (κ2) is 9.83. The SMILES string of the molecule is CCNCCc1cn(CC(=O)Nc2nc(-c3ccccc3)cs2)c2ccc(Cl)c(Cl)c12. The van der Waals surface area contributed by atoms with E-state index in [4.69, 9.17) is 23.2 Å². The average molecular weight is 473 g/mol. The van der Waals surface area contributed by atoms with Crippen molar-refractivity contribution in [3.8, 4) is 11.3 Å². The molecule has 5 nitrogen and oxygen atoms in total. The Bertz CT molecular complexity index is 1200. The first-order valence-electron chi connectivity index (χ1n) is 10.0. The van der Waals surface area contributed by atoms with Crippen molar-refractivity contribution in [3.05, 3.63) is 69.7 Å². The number of anilines is 1. The molecule has 0 aliphatic carbocycles.